The third-order valence-electron chi connectivity index (χ3n) is 11.3. The van der Waals surface area contributed by atoms with E-state index in [1.54, 1.807) is 88.1 Å². The molecule has 0 aliphatic carbocycles. The maximum atomic E-state index is 12.8. The van der Waals surface area contributed by atoms with Gasteiger partial charge in [-0.3, -0.25) is 0 Å². The van der Waals surface area contributed by atoms with Crippen molar-refractivity contribution in [3.05, 3.63) is 254 Å². The van der Waals surface area contributed by atoms with Crippen molar-refractivity contribution >= 4 is 0 Å². The molecular formula is C65H54F3NO8. The molecule has 5 N–H and O–H groups in total. The minimum atomic E-state index is -4.40. The van der Waals surface area contributed by atoms with Crippen LogP contribution in [0.15, 0.2) is 243 Å². The number of benzene rings is 10. The summed E-state index contributed by atoms with van der Waals surface area (Å²) in [4.78, 5) is 0. The van der Waals surface area contributed by atoms with Crippen LogP contribution in [0.1, 0.15) is 11.1 Å². The molecule has 0 atom stereocenters. The molecule has 77 heavy (non-hydrogen) atoms. The number of ether oxygens (including phenoxy) is 3. The number of nitrogens with zero attached hydrogens (tertiary/aromatic N) is 1. The average Bonchev–Trinajstić information content (AvgIpc) is 3.46. The van der Waals surface area contributed by atoms with Crippen LogP contribution in [0.4, 0.5) is 13.2 Å². The molecule has 0 aliphatic heterocycles. The highest BCUT2D eigenvalue weighted by Crippen LogP contribution is 2.38. The molecule has 9 nitrogen and oxygen atoms in total. The van der Waals surface area contributed by atoms with Crippen LogP contribution < -0.4 is 14.2 Å². The summed E-state index contributed by atoms with van der Waals surface area (Å²) in [5.74, 6) is 3.45. The first-order chi connectivity index (χ1) is 37.2. The molecule has 0 aliphatic rings. The Kier molecular flexibility index (Phi) is 20.3. The molecule has 0 unspecified atom stereocenters. The summed E-state index contributed by atoms with van der Waals surface area (Å²) < 4.78 is 53.8. The third kappa shape index (κ3) is 17.0. The molecule has 0 saturated carbocycles. The van der Waals surface area contributed by atoms with E-state index in [0.717, 1.165) is 67.8 Å². The Balaban J connectivity index is 0.000000156. The summed E-state index contributed by atoms with van der Waals surface area (Å²) in [7, 11) is 4.92. The van der Waals surface area contributed by atoms with Gasteiger partial charge >= 0.3 is 6.18 Å². The second-order valence-corrected chi connectivity index (χ2v) is 16.6. The van der Waals surface area contributed by atoms with E-state index in [0.29, 0.717) is 11.1 Å². The van der Waals surface area contributed by atoms with Crippen molar-refractivity contribution in [1.82, 2.24) is 0 Å². The van der Waals surface area contributed by atoms with E-state index in [9.17, 15) is 38.7 Å². The highest BCUT2D eigenvalue weighted by atomic mass is 19.4. The van der Waals surface area contributed by atoms with E-state index in [4.69, 9.17) is 19.5 Å². The van der Waals surface area contributed by atoms with Gasteiger partial charge in [0.1, 0.15) is 46.0 Å². The van der Waals surface area contributed by atoms with Gasteiger partial charge < -0.3 is 39.7 Å². The number of methoxy groups -OCH3 is 3. The fourth-order valence-corrected chi connectivity index (χ4v) is 7.62. The van der Waals surface area contributed by atoms with Gasteiger partial charge in [-0.15, -0.1) is 0 Å². The molecule has 0 saturated heterocycles. The number of nitriles is 1. The van der Waals surface area contributed by atoms with Crippen LogP contribution >= 0.6 is 0 Å². The number of phenolic OH excluding ortho intramolecular Hbond substituents is 5. The Bertz CT molecular complexity index is 3520. The molecule has 388 valence electrons. The lowest BCUT2D eigenvalue weighted by Crippen LogP contribution is -2.06. The van der Waals surface area contributed by atoms with Crippen LogP contribution in [-0.4, -0.2) is 46.9 Å². The fourth-order valence-electron chi connectivity index (χ4n) is 7.62. The van der Waals surface area contributed by atoms with E-state index in [1.807, 2.05) is 127 Å². The maximum absolute atomic E-state index is 12.8. The number of phenols is 5. The van der Waals surface area contributed by atoms with Gasteiger partial charge in [0.2, 0.25) is 0 Å². The van der Waals surface area contributed by atoms with E-state index >= 15 is 0 Å². The highest BCUT2D eigenvalue weighted by molar-refractivity contribution is 5.72. The topological polar surface area (TPSA) is 153 Å². The number of alkyl halides is 3. The third-order valence-corrected chi connectivity index (χ3v) is 11.3. The van der Waals surface area contributed by atoms with Gasteiger partial charge in [0.25, 0.3) is 0 Å². The Labute approximate surface area is 445 Å². The second-order valence-electron chi connectivity index (χ2n) is 16.6. The van der Waals surface area contributed by atoms with Crippen LogP contribution in [0.3, 0.4) is 0 Å². The van der Waals surface area contributed by atoms with Crippen molar-refractivity contribution in [3.63, 3.8) is 0 Å². The number of aromatic hydroxyl groups is 5. The van der Waals surface area contributed by atoms with Crippen LogP contribution in [0.25, 0.3) is 55.6 Å². The van der Waals surface area contributed by atoms with Gasteiger partial charge in [-0.05, 0) is 159 Å². The second kappa shape index (κ2) is 27.8. The largest absolute Gasteiger partial charge is 0.508 e. The number of halogens is 3. The average molecular weight is 1030 g/mol. The quantitative estimate of drug-likeness (QED) is 0.100. The maximum Gasteiger partial charge on any atom is 0.417 e. The Morgan fingerprint density at radius 2 is 0.714 bits per heavy atom. The Morgan fingerprint density at radius 1 is 0.338 bits per heavy atom. The smallest absolute Gasteiger partial charge is 0.417 e. The van der Waals surface area contributed by atoms with Crippen molar-refractivity contribution in [2.24, 2.45) is 0 Å². The fraction of sp³-hybridized carbons (Fsp3) is 0.0615. The molecule has 0 fully saturated rings. The summed E-state index contributed by atoms with van der Waals surface area (Å²) in [5.41, 5.74) is 8.18. The summed E-state index contributed by atoms with van der Waals surface area (Å²) >= 11 is 0. The molecule has 0 aromatic heterocycles. The summed E-state index contributed by atoms with van der Waals surface area (Å²) in [6.07, 6.45) is -4.40. The van der Waals surface area contributed by atoms with Crippen molar-refractivity contribution in [2.75, 3.05) is 21.3 Å². The molecule has 10 aromatic carbocycles. The molecule has 0 bridgehead atoms. The van der Waals surface area contributed by atoms with Gasteiger partial charge in [0.15, 0.2) is 0 Å². The number of para-hydroxylation sites is 1. The van der Waals surface area contributed by atoms with Gasteiger partial charge in [-0.1, -0.05) is 133 Å². The van der Waals surface area contributed by atoms with Crippen LogP contribution in [0.5, 0.6) is 46.0 Å². The van der Waals surface area contributed by atoms with Crippen molar-refractivity contribution < 1.29 is 52.9 Å². The molecule has 10 rings (SSSR count). The summed E-state index contributed by atoms with van der Waals surface area (Å²) in [6.45, 7) is 0. The van der Waals surface area contributed by atoms with E-state index < -0.39 is 11.7 Å². The zero-order valence-electron chi connectivity index (χ0n) is 42.1. The minimum absolute atomic E-state index is 0.0560. The molecule has 0 radical (unpaired) electrons. The first-order valence-corrected chi connectivity index (χ1v) is 23.7. The lowest BCUT2D eigenvalue weighted by atomic mass is 9.99. The van der Waals surface area contributed by atoms with Crippen molar-refractivity contribution in [3.8, 4) is 108 Å². The van der Waals surface area contributed by atoms with E-state index in [-0.39, 0.29) is 34.3 Å². The lowest BCUT2D eigenvalue weighted by Gasteiger charge is -2.12. The molecule has 0 heterocycles. The monoisotopic (exact) mass is 1030 g/mol. The zero-order valence-corrected chi connectivity index (χ0v) is 42.1. The van der Waals surface area contributed by atoms with Gasteiger partial charge in [0.05, 0.1) is 38.5 Å². The van der Waals surface area contributed by atoms with Crippen LogP contribution in [0, 0.1) is 11.3 Å². The van der Waals surface area contributed by atoms with Gasteiger partial charge in [-0.2, -0.15) is 18.4 Å². The van der Waals surface area contributed by atoms with E-state index in [2.05, 4.69) is 6.07 Å². The standard InChI is InChI=1S/C13H9F3O.C13H9NO.3C13H12O2/c14-13(15,16)12-7-2-1-6-11(12)9-4-3-5-10(17)8-9;14-9-10-3-1-4-11(7-10)12-5-2-6-13(15)8-12;1-15-13-7-3-5-11(9-13)10-4-2-6-12(14)8-10;1-15-13-8-3-2-7-12(13)10-5-4-6-11(14)9-10;1-15-13-7-5-10(6-8-13)11-3-2-4-12(14)9-11/h1-8,17H;1-8,15H;3*2-9,14H,1H3. The van der Waals surface area contributed by atoms with Crippen LogP contribution in [-0.2, 0) is 6.18 Å². The first-order valence-electron chi connectivity index (χ1n) is 23.7. The number of hydrogen-bond donors (Lipinski definition) is 5. The van der Waals surface area contributed by atoms with Crippen molar-refractivity contribution in [1.29, 1.82) is 5.26 Å². The van der Waals surface area contributed by atoms with Gasteiger partial charge in [-0.25, -0.2) is 0 Å². The van der Waals surface area contributed by atoms with Gasteiger partial charge in [0, 0.05) is 5.56 Å². The SMILES string of the molecule is COc1ccc(-c2cccc(O)c2)cc1.COc1cccc(-c2cccc(O)c2)c1.COc1ccccc1-c1cccc(O)c1.N#Cc1cccc(-c2cccc(O)c2)c1.Oc1cccc(-c2ccccc2C(F)(F)F)c1. The summed E-state index contributed by atoms with van der Waals surface area (Å²) in [5, 5.41) is 55.5. The minimum Gasteiger partial charge on any atom is -0.508 e. The van der Waals surface area contributed by atoms with Crippen molar-refractivity contribution in [2.45, 2.75) is 6.18 Å². The van der Waals surface area contributed by atoms with Crippen LogP contribution in [0.2, 0.25) is 0 Å². The van der Waals surface area contributed by atoms with E-state index in [1.165, 1.54) is 42.5 Å². The zero-order chi connectivity index (χ0) is 55.2. The Hall–Kier alpha value is -10.1. The molecule has 10 aromatic rings. The molecular weight excluding hydrogens is 980 g/mol. The Morgan fingerprint density at radius 3 is 1.17 bits per heavy atom. The number of hydrogen-bond acceptors (Lipinski definition) is 9. The highest BCUT2D eigenvalue weighted by Gasteiger charge is 2.33. The molecule has 12 heteroatoms. The first kappa shape index (κ1) is 56.2. The predicted molar refractivity (Wildman–Crippen MR) is 297 cm³/mol. The predicted octanol–water partition coefficient (Wildman–Crippen LogP) is 16.2. The normalized spacial score (nSPS) is 10.2. The number of rotatable bonds is 8. The molecule has 0 amide bonds. The molecule has 0 spiro atoms. The summed E-state index contributed by atoms with van der Waals surface area (Å²) in [6, 6.07) is 72.1. The lowest BCUT2D eigenvalue weighted by molar-refractivity contribution is -0.137.